The van der Waals surface area contributed by atoms with Crippen LogP contribution in [0.3, 0.4) is 0 Å². The van der Waals surface area contributed by atoms with E-state index in [0.29, 0.717) is 5.56 Å². The number of imide groups is 1. The highest BCUT2D eigenvalue weighted by molar-refractivity contribution is 6.02. The topological polar surface area (TPSA) is 136 Å². The summed E-state index contributed by atoms with van der Waals surface area (Å²) in [6.45, 7) is 2.78. The smallest absolute Gasteiger partial charge is 0.326 e. The van der Waals surface area contributed by atoms with Gasteiger partial charge in [0, 0.05) is 25.6 Å². The van der Waals surface area contributed by atoms with E-state index in [1.807, 2.05) is 0 Å². The number of aliphatic carboxylic acids is 1. The Morgan fingerprint density at radius 1 is 1.32 bits per heavy atom. The van der Waals surface area contributed by atoms with E-state index < -0.39 is 23.9 Å². The van der Waals surface area contributed by atoms with Crippen LogP contribution >= 0.6 is 0 Å². The Labute approximate surface area is 161 Å². The number of hydrogen-bond acceptors (Lipinski definition) is 5. The van der Waals surface area contributed by atoms with Crippen LogP contribution in [0.15, 0.2) is 24.3 Å². The molecule has 2 rings (SSSR count). The van der Waals surface area contributed by atoms with Crippen LogP contribution in [0.5, 0.6) is 0 Å². The standard InChI is InChI=1S/C18H22N4O6/c1-11(17(26)27)21(7-6-19-12(2)23)16(25)14-5-3-4-13(8-14)10-22-15(24)9-20-18(22)28/h3-5,8,11H,6-7,9-10H2,1-2H3,(H,19,23)(H,20,28)(H,26,27). The van der Waals surface area contributed by atoms with Crippen molar-refractivity contribution in [2.24, 2.45) is 0 Å². The molecule has 0 spiro atoms. The molecule has 1 aliphatic rings. The SMILES string of the molecule is CC(=O)NCCN(C(=O)c1cccc(CN2C(=O)CNC2=O)c1)C(C)C(=O)O. The Hall–Kier alpha value is -3.43. The van der Waals surface area contributed by atoms with Crippen molar-refractivity contribution in [3.8, 4) is 0 Å². The summed E-state index contributed by atoms with van der Waals surface area (Å²) in [6, 6.07) is 4.70. The van der Waals surface area contributed by atoms with Crippen molar-refractivity contribution in [1.29, 1.82) is 0 Å². The molecule has 5 amide bonds. The third-order valence-corrected chi connectivity index (χ3v) is 4.26. The lowest BCUT2D eigenvalue weighted by molar-refractivity contribution is -0.141. The van der Waals surface area contributed by atoms with Gasteiger partial charge in [0.25, 0.3) is 5.91 Å². The van der Waals surface area contributed by atoms with E-state index in [-0.39, 0.29) is 43.6 Å². The maximum absolute atomic E-state index is 12.9. The van der Waals surface area contributed by atoms with Crippen LogP contribution in [-0.2, 0) is 20.9 Å². The van der Waals surface area contributed by atoms with Gasteiger partial charge < -0.3 is 20.6 Å². The quantitative estimate of drug-likeness (QED) is 0.526. The van der Waals surface area contributed by atoms with Crippen molar-refractivity contribution in [2.45, 2.75) is 26.4 Å². The number of nitrogens with zero attached hydrogens (tertiary/aromatic N) is 2. The number of urea groups is 1. The molecule has 0 aromatic heterocycles. The van der Waals surface area contributed by atoms with Gasteiger partial charge in [-0.3, -0.25) is 19.3 Å². The van der Waals surface area contributed by atoms with Gasteiger partial charge in [-0.25, -0.2) is 9.59 Å². The first-order valence-electron chi connectivity index (χ1n) is 8.66. The molecule has 0 radical (unpaired) electrons. The zero-order valence-electron chi connectivity index (χ0n) is 15.6. The van der Waals surface area contributed by atoms with Crippen LogP contribution < -0.4 is 10.6 Å². The van der Waals surface area contributed by atoms with Gasteiger partial charge in [-0.2, -0.15) is 0 Å². The number of benzene rings is 1. The molecule has 3 N–H and O–H groups in total. The second kappa shape index (κ2) is 8.98. The minimum Gasteiger partial charge on any atom is -0.480 e. The fourth-order valence-electron chi connectivity index (χ4n) is 2.72. The van der Waals surface area contributed by atoms with Crippen LogP contribution in [-0.4, -0.2) is 70.3 Å². The molecule has 0 bridgehead atoms. The first-order chi connectivity index (χ1) is 13.2. The number of amides is 5. The molecule has 1 unspecified atom stereocenters. The second-order valence-electron chi connectivity index (χ2n) is 6.33. The van der Waals surface area contributed by atoms with Gasteiger partial charge in [-0.1, -0.05) is 12.1 Å². The summed E-state index contributed by atoms with van der Waals surface area (Å²) in [5, 5.41) is 14.2. The highest BCUT2D eigenvalue weighted by atomic mass is 16.4. The van der Waals surface area contributed by atoms with Gasteiger partial charge in [0.2, 0.25) is 11.8 Å². The Bertz CT molecular complexity index is 793. The third kappa shape index (κ3) is 5.06. The minimum absolute atomic E-state index is 0.00611. The first-order valence-corrected chi connectivity index (χ1v) is 8.66. The van der Waals surface area contributed by atoms with Crippen molar-refractivity contribution >= 4 is 29.7 Å². The Morgan fingerprint density at radius 3 is 2.61 bits per heavy atom. The Kier molecular flexibility index (Phi) is 6.69. The van der Waals surface area contributed by atoms with Crippen LogP contribution in [0.2, 0.25) is 0 Å². The monoisotopic (exact) mass is 390 g/mol. The lowest BCUT2D eigenvalue weighted by atomic mass is 10.1. The maximum atomic E-state index is 12.9. The van der Waals surface area contributed by atoms with Crippen LogP contribution in [0.25, 0.3) is 0 Å². The van der Waals surface area contributed by atoms with E-state index in [1.54, 1.807) is 12.1 Å². The van der Waals surface area contributed by atoms with Crippen LogP contribution in [0, 0.1) is 0 Å². The zero-order valence-corrected chi connectivity index (χ0v) is 15.6. The largest absolute Gasteiger partial charge is 0.480 e. The normalized spacial score (nSPS) is 14.4. The van der Waals surface area contributed by atoms with Crippen molar-refractivity contribution in [1.82, 2.24) is 20.4 Å². The third-order valence-electron chi connectivity index (χ3n) is 4.26. The van der Waals surface area contributed by atoms with E-state index in [1.165, 1.54) is 26.0 Å². The molecule has 0 aliphatic carbocycles. The number of carboxylic acids is 1. The number of carbonyl (C=O) groups is 5. The summed E-state index contributed by atoms with van der Waals surface area (Å²) in [4.78, 5) is 60.9. The molecule has 10 nitrogen and oxygen atoms in total. The van der Waals surface area contributed by atoms with E-state index in [9.17, 15) is 29.1 Å². The highest BCUT2D eigenvalue weighted by Gasteiger charge is 2.29. The first kappa shape index (κ1) is 20.9. The van der Waals surface area contributed by atoms with Crippen molar-refractivity contribution in [2.75, 3.05) is 19.6 Å². The summed E-state index contributed by atoms with van der Waals surface area (Å²) in [5.41, 5.74) is 0.779. The van der Waals surface area contributed by atoms with Crippen molar-refractivity contribution in [3.05, 3.63) is 35.4 Å². The molecule has 150 valence electrons. The fourth-order valence-corrected chi connectivity index (χ4v) is 2.72. The van der Waals surface area contributed by atoms with Gasteiger partial charge in [0.1, 0.15) is 6.04 Å². The van der Waals surface area contributed by atoms with Crippen LogP contribution in [0.4, 0.5) is 4.79 Å². The van der Waals surface area contributed by atoms with Crippen molar-refractivity contribution < 1.29 is 29.1 Å². The van der Waals surface area contributed by atoms with E-state index in [2.05, 4.69) is 10.6 Å². The second-order valence-corrected chi connectivity index (χ2v) is 6.33. The summed E-state index contributed by atoms with van der Waals surface area (Å²) >= 11 is 0. The molecule has 1 fully saturated rings. The predicted molar refractivity (Wildman–Crippen MR) is 97.2 cm³/mol. The molecule has 10 heteroatoms. The molecular weight excluding hydrogens is 368 g/mol. The van der Waals surface area contributed by atoms with Crippen LogP contribution in [0.1, 0.15) is 29.8 Å². The maximum Gasteiger partial charge on any atom is 0.326 e. The average molecular weight is 390 g/mol. The van der Waals surface area contributed by atoms with E-state index in [0.717, 1.165) is 9.80 Å². The fraction of sp³-hybridized carbons (Fsp3) is 0.389. The number of rotatable bonds is 8. The van der Waals surface area contributed by atoms with Gasteiger partial charge in [0.15, 0.2) is 0 Å². The lowest BCUT2D eigenvalue weighted by Gasteiger charge is -2.27. The molecule has 1 aromatic carbocycles. The minimum atomic E-state index is -1.17. The summed E-state index contributed by atoms with van der Waals surface area (Å²) in [5.74, 6) is -2.35. The van der Waals surface area contributed by atoms with E-state index >= 15 is 0 Å². The van der Waals surface area contributed by atoms with Gasteiger partial charge in [-0.15, -0.1) is 0 Å². The molecule has 1 saturated heterocycles. The Balaban J connectivity index is 2.18. The molecule has 1 aromatic rings. The molecule has 1 heterocycles. The number of carboxylic acid groups (broad SMARTS) is 1. The summed E-state index contributed by atoms with van der Waals surface area (Å²) in [6.07, 6.45) is 0. The molecule has 1 atom stereocenters. The van der Waals surface area contributed by atoms with Crippen molar-refractivity contribution in [3.63, 3.8) is 0 Å². The number of hydrogen-bond donors (Lipinski definition) is 3. The molecule has 28 heavy (non-hydrogen) atoms. The number of carbonyl (C=O) groups excluding carboxylic acids is 4. The van der Waals surface area contributed by atoms with Gasteiger partial charge in [-0.05, 0) is 24.6 Å². The predicted octanol–water partition coefficient (Wildman–Crippen LogP) is -0.210. The number of nitrogens with one attached hydrogen (secondary N) is 2. The Morgan fingerprint density at radius 2 is 2.04 bits per heavy atom. The lowest BCUT2D eigenvalue weighted by Crippen LogP contribution is -2.46. The molecule has 1 aliphatic heterocycles. The average Bonchev–Trinajstić information content (AvgIpc) is 2.96. The van der Waals surface area contributed by atoms with Gasteiger partial charge >= 0.3 is 12.0 Å². The van der Waals surface area contributed by atoms with Gasteiger partial charge in [0.05, 0.1) is 13.1 Å². The summed E-state index contributed by atoms with van der Waals surface area (Å²) < 4.78 is 0. The highest BCUT2D eigenvalue weighted by Crippen LogP contribution is 2.14. The zero-order chi connectivity index (χ0) is 20.8. The molecular formula is C18H22N4O6. The summed E-state index contributed by atoms with van der Waals surface area (Å²) in [7, 11) is 0. The van der Waals surface area contributed by atoms with E-state index in [4.69, 9.17) is 0 Å². The molecule has 0 saturated carbocycles.